The van der Waals surface area contributed by atoms with E-state index >= 15 is 0 Å². The number of piperidine rings is 1. The lowest BCUT2D eigenvalue weighted by Crippen LogP contribution is -2.44. The minimum atomic E-state index is -0.220. The number of carbonyl (C=O) groups excluding carboxylic acids is 1. The predicted octanol–water partition coefficient (Wildman–Crippen LogP) is 2.38. The summed E-state index contributed by atoms with van der Waals surface area (Å²) in [4.78, 5) is 13.7. The normalized spacial score (nSPS) is 18.1. The Morgan fingerprint density at radius 2 is 1.95 bits per heavy atom. The summed E-state index contributed by atoms with van der Waals surface area (Å²) in [6, 6.07) is 9.74. The zero-order valence-corrected chi connectivity index (χ0v) is 11.5. The van der Waals surface area contributed by atoms with Crippen molar-refractivity contribution >= 4 is 6.09 Å². The molecule has 1 amide bonds. The first kappa shape index (κ1) is 13.9. The monoisotopic (exact) mass is 262 g/mol. The standard InChI is InChI=1S/C15H22N2O2/c1-15(12-16)7-9-17(10-8-15)14(18)19-11-13-5-3-2-4-6-13/h2-6H,7-12,16H2,1H3. The van der Waals surface area contributed by atoms with Crippen LogP contribution in [0.1, 0.15) is 25.3 Å². The lowest BCUT2D eigenvalue weighted by atomic mass is 9.81. The lowest BCUT2D eigenvalue weighted by Gasteiger charge is -2.38. The number of carbonyl (C=O) groups is 1. The molecule has 1 aromatic rings. The number of likely N-dealkylation sites (tertiary alicyclic amines) is 1. The van der Waals surface area contributed by atoms with Crippen molar-refractivity contribution in [2.24, 2.45) is 11.1 Å². The molecule has 0 saturated carbocycles. The van der Waals surface area contributed by atoms with E-state index < -0.39 is 0 Å². The zero-order valence-electron chi connectivity index (χ0n) is 11.5. The smallest absolute Gasteiger partial charge is 0.410 e. The Morgan fingerprint density at radius 3 is 2.53 bits per heavy atom. The molecule has 4 nitrogen and oxygen atoms in total. The van der Waals surface area contributed by atoms with Crippen LogP contribution in [0.25, 0.3) is 0 Å². The molecule has 0 aromatic heterocycles. The van der Waals surface area contributed by atoms with E-state index in [1.165, 1.54) is 0 Å². The molecule has 0 unspecified atom stereocenters. The van der Waals surface area contributed by atoms with Crippen molar-refractivity contribution < 1.29 is 9.53 Å². The maximum atomic E-state index is 11.9. The fourth-order valence-corrected chi connectivity index (χ4v) is 2.24. The molecule has 2 N–H and O–H groups in total. The van der Waals surface area contributed by atoms with Crippen molar-refractivity contribution in [1.82, 2.24) is 4.90 Å². The minimum absolute atomic E-state index is 0.177. The van der Waals surface area contributed by atoms with E-state index in [0.29, 0.717) is 13.2 Å². The molecule has 104 valence electrons. The molecule has 0 atom stereocenters. The van der Waals surface area contributed by atoms with Gasteiger partial charge in [0.2, 0.25) is 0 Å². The molecule has 1 aliphatic rings. The van der Waals surface area contributed by atoms with Gasteiger partial charge in [0.25, 0.3) is 0 Å². The number of nitrogens with two attached hydrogens (primary N) is 1. The lowest BCUT2D eigenvalue weighted by molar-refractivity contribution is 0.0681. The van der Waals surface area contributed by atoms with E-state index in [2.05, 4.69) is 6.92 Å². The molecule has 1 saturated heterocycles. The van der Waals surface area contributed by atoms with Crippen LogP contribution in [0.4, 0.5) is 4.79 Å². The summed E-state index contributed by atoms with van der Waals surface area (Å²) in [6.45, 7) is 4.67. The van der Waals surface area contributed by atoms with Gasteiger partial charge >= 0.3 is 6.09 Å². The molecular formula is C15H22N2O2. The Kier molecular flexibility index (Phi) is 4.43. The van der Waals surface area contributed by atoms with Crippen LogP contribution in [-0.2, 0) is 11.3 Å². The van der Waals surface area contributed by atoms with Crippen molar-refractivity contribution in [3.63, 3.8) is 0 Å². The fraction of sp³-hybridized carbons (Fsp3) is 0.533. The molecule has 1 heterocycles. The average molecular weight is 262 g/mol. The zero-order chi connectivity index (χ0) is 13.7. The van der Waals surface area contributed by atoms with Crippen LogP contribution in [0.2, 0.25) is 0 Å². The summed E-state index contributed by atoms with van der Waals surface area (Å²) < 4.78 is 5.33. The quantitative estimate of drug-likeness (QED) is 0.910. The number of hydrogen-bond donors (Lipinski definition) is 1. The molecule has 1 aliphatic heterocycles. The van der Waals surface area contributed by atoms with Gasteiger partial charge in [0.1, 0.15) is 6.61 Å². The van der Waals surface area contributed by atoms with Gasteiger partial charge in [0, 0.05) is 13.1 Å². The molecule has 0 radical (unpaired) electrons. The summed E-state index contributed by atoms with van der Waals surface area (Å²) in [5.74, 6) is 0. The van der Waals surface area contributed by atoms with E-state index in [1.54, 1.807) is 4.90 Å². The van der Waals surface area contributed by atoms with Crippen LogP contribution in [0, 0.1) is 5.41 Å². The highest BCUT2D eigenvalue weighted by Gasteiger charge is 2.31. The van der Waals surface area contributed by atoms with Gasteiger partial charge in [-0.1, -0.05) is 37.3 Å². The number of hydrogen-bond acceptors (Lipinski definition) is 3. The van der Waals surface area contributed by atoms with E-state index in [9.17, 15) is 4.79 Å². The van der Waals surface area contributed by atoms with Crippen molar-refractivity contribution in [3.8, 4) is 0 Å². The third kappa shape index (κ3) is 3.70. The second-order valence-corrected chi connectivity index (χ2v) is 5.54. The van der Waals surface area contributed by atoms with Gasteiger partial charge in [-0.25, -0.2) is 4.79 Å². The predicted molar refractivity (Wildman–Crippen MR) is 74.6 cm³/mol. The van der Waals surface area contributed by atoms with Gasteiger partial charge < -0.3 is 15.4 Å². The molecule has 0 spiro atoms. The van der Waals surface area contributed by atoms with Crippen LogP contribution in [0.5, 0.6) is 0 Å². The Bertz CT molecular complexity index is 411. The Morgan fingerprint density at radius 1 is 1.32 bits per heavy atom. The van der Waals surface area contributed by atoms with Gasteiger partial charge in [-0.3, -0.25) is 0 Å². The van der Waals surface area contributed by atoms with Crippen molar-refractivity contribution in [3.05, 3.63) is 35.9 Å². The first-order valence-electron chi connectivity index (χ1n) is 6.79. The Hall–Kier alpha value is -1.55. The van der Waals surface area contributed by atoms with E-state index in [4.69, 9.17) is 10.5 Å². The maximum Gasteiger partial charge on any atom is 0.410 e. The third-order valence-electron chi connectivity index (χ3n) is 3.93. The van der Waals surface area contributed by atoms with Gasteiger partial charge in [0.05, 0.1) is 0 Å². The van der Waals surface area contributed by atoms with Crippen LogP contribution in [0.15, 0.2) is 30.3 Å². The van der Waals surface area contributed by atoms with Crippen LogP contribution >= 0.6 is 0 Å². The largest absolute Gasteiger partial charge is 0.445 e. The summed E-state index contributed by atoms with van der Waals surface area (Å²) >= 11 is 0. The number of amides is 1. The molecule has 2 rings (SSSR count). The van der Waals surface area contributed by atoms with Crippen LogP contribution in [0.3, 0.4) is 0 Å². The third-order valence-corrected chi connectivity index (χ3v) is 3.93. The average Bonchev–Trinajstić information content (AvgIpc) is 2.47. The van der Waals surface area contributed by atoms with Gasteiger partial charge in [-0.05, 0) is 30.4 Å². The highest BCUT2D eigenvalue weighted by molar-refractivity contribution is 5.67. The molecular weight excluding hydrogens is 240 g/mol. The molecule has 4 heteroatoms. The number of rotatable bonds is 3. The first-order chi connectivity index (χ1) is 9.13. The van der Waals surface area contributed by atoms with Crippen LogP contribution in [-0.4, -0.2) is 30.6 Å². The second kappa shape index (κ2) is 6.06. The van der Waals surface area contributed by atoms with Crippen molar-refractivity contribution in [1.29, 1.82) is 0 Å². The van der Waals surface area contributed by atoms with E-state index in [1.807, 2.05) is 30.3 Å². The van der Waals surface area contributed by atoms with Crippen molar-refractivity contribution in [2.45, 2.75) is 26.4 Å². The summed E-state index contributed by atoms with van der Waals surface area (Å²) in [6.07, 6.45) is 1.68. The fourth-order valence-electron chi connectivity index (χ4n) is 2.24. The van der Waals surface area contributed by atoms with E-state index in [-0.39, 0.29) is 11.5 Å². The SMILES string of the molecule is CC1(CN)CCN(C(=O)OCc2ccccc2)CC1. The summed E-state index contributed by atoms with van der Waals surface area (Å²) in [5.41, 5.74) is 6.95. The minimum Gasteiger partial charge on any atom is -0.445 e. The van der Waals surface area contributed by atoms with Gasteiger partial charge in [-0.2, -0.15) is 0 Å². The molecule has 19 heavy (non-hydrogen) atoms. The molecule has 0 aliphatic carbocycles. The van der Waals surface area contributed by atoms with Crippen LogP contribution < -0.4 is 5.73 Å². The summed E-state index contributed by atoms with van der Waals surface area (Å²) in [7, 11) is 0. The highest BCUT2D eigenvalue weighted by Crippen LogP contribution is 2.29. The van der Waals surface area contributed by atoms with Gasteiger partial charge in [-0.15, -0.1) is 0 Å². The number of benzene rings is 1. The second-order valence-electron chi connectivity index (χ2n) is 5.54. The molecule has 1 fully saturated rings. The molecule has 0 bridgehead atoms. The van der Waals surface area contributed by atoms with Gasteiger partial charge in [0.15, 0.2) is 0 Å². The Balaban J connectivity index is 1.79. The number of nitrogens with zero attached hydrogens (tertiary/aromatic N) is 1. The topological polar surface area (TPSA) is 55.6 Å². The highest BCUT2D eigenvalue weighted by atomic mass is 16.6. The van der Waals surface area contributed by atoms with Crippen molar-refractivity contribution in [2.75, 3.05) is 19.6 Å². The number of ether oxygens (including phenoxy) is 1. The summed E-state index contributed by atoms with van der Waals surface area (Å²) in [5, 5.41) is 0. The first-order valence-corrected chi connectivity index (χ1v) is 6.79. The maximum absolute atomic E-state index is 11.9. The van der Waals surface area contributed by atoms with E-state index in [0.717, 1.165) is 31.5 Å². The molecule has 1 aromatic carbocycles. The Labute approximate surface area is 114 Å².